The van der Waals surface area contributed by atoms with E-state index in [1.54, 1.807) is 0 Å². The number of hydrogen-bond donors (Lipinski definition) is 2. The molecule has 0 amide bonds. The highest BCUT2D eigenvalue weighted by Gasteiger charge is 2.15. The lowest BCUT2D eigenvalue weighted by atomic mass is 10.2. The normalized spacial score (nSPS) is 15.3. The molecule has 0 bridgehead atoms. The Labute approximate surface area is 192 Å². The Hall–Kier alpha value is -1.86. The number of piperazine rings is 1. The van der Waals surface area contributed by atoms with Crippen LogP contribution in [0.4, 0.5) is 8.78 Å². The molecule has 0 saturated carbocycles. The van der Waals surface area contributed by atoms with E-state index < -0.39 is 0 Å². The molecule has 2 aromatic rings. The second-order valence-corrected chi connectivity index (χ2v) is 8.70. The van der Waals surface area contributed by atoms with Gasteiger partial charge in [-0.25, -0.2) is 8.78 Å². The molecule has 0 atom stereocenters. The van der Waals surface area contributed by atoms with Gasteiger partial charge in [-0.15, -0.1) is 0 Å². The summed E-state index contributed by atoms with van der Waals surface area (Å²) in [4.78, 5) is 5.17. The van der Waals surface area contributed by atoms with E-state index >= 15 is 0 Å². The van der Waals surface area contributed by atoms with Crippen LogP contribution in [-0.2, 0) is 13.1 Å². The van der Waals surface area contributed by atoms with E-state index in [-0.39, 0.29) is 11.6 Å². The topological polar surface area (TPSA) is 30.5 Å². The number of halogens is 2. The van der Waals surface area contributed by atoms with Gasteiger partial charge in [-0.3, -0.25) is 0 Å². The van der Waals surface area contributed by atoms with Crippen LogP contribution >= 0.6 is 0 Å². The number of hydrogen-bond acceptors (Lipinski definition) is 4. The molecule has 1 heterocycles. The summed E-state index contributed by atoms with van der Waals surface area (Å²) in [6.07, 6.45) is 4.78. The maximum absolute atomic E-state index is 12.9. The molecule has 1 aliphatic rings. The van der Waals surface area contributed by atoms with Gasteiger partial charge in [-0.1, -0.05) is 24.3 Å². The molecule has 2 aromatic carbocycles. The third-order valence-electron chi connectivity index (χ3n) is 6.11. The Morgan fingerprint density at radius 2 is 0.938 bits per heavy atom. The number of unbranched alkanes of at least 4 members (excludes halogenated alkanes) is 2. The van der Waals surface area contributed by atoms with Crippen molar-refractivity contribution in [1.29, 1.82) is 0 Å². The quantitative estimate of drug-likeness (QED) is 0.431. The molecule has 6 heteroatoms. The van der Waals surface area contributed by atoms with Gasteiger partial charge in [-0.2, -0.15) is 0 Å². The SMILES string of the molecule is Fc1ccc(CNCCCCN2CCN(CCCCNCc3ccc(F)cc3)CC2)cc1. The zero-order valence-corrected chi connectivity index (χ0v) is 19.2. The minimum absolute atomic E-state index is 0.177. The zero-order valence-electron chi connectivity index (χ0n) is 19.2. The molecule has 0 aliphatic carbocycles. The van der Waals surface area contributed by atoms with Gasteiger partial charge in [0.05, 0.1) is 0 Å². The van der Waals surface area contributed by atoms with Crippen molar-refractivity contribution >= 4 is 0 Å². The standard InChI is InChI=1S/C26H38F2N4/c27-25-9-5-23(6-10-25)21-29-13-1-3-15-31-17-19-32(20-18-31)16-4-2-14-30-22-24-7-11-26(28)12-8-24/h5-12,29-30H,1-4,13-22H2. The molecule has 32 heavy (non-hydrogen) atoms. The Morgan fingerprint density at radius 1 is 0.562 bits per heavy atom. The molecule has 1 aliphatic heterocycles. The predicted molar refractivity (Wildman–Crippen MR) is 128 cm³/mol. The molecule has 176 valence electrons. The fourth-order valence-electron chi connectivity index (χ4n) is 4.08. The second-order valence-electron chi connectivity index (χ2n) is 8.70. The molecule has 4 nitrogen and oxygen atoms in total. The largest absolute Gasteiger partial charge is 0.313 e. The maximum atomic E-state index is 12.9. The number of nitrogens with zero attached hydrogens (tertiary/aromatic N) is 2. The van der Waals surface area contributed by atoms with E-state index in [0.717, 1.165) is 37.3 Å². The molecular weight excluding hydrogens is 406 g/mol. The van der Waals surface area contributed by atoms with Crippen LogP contribution in [0.25, 0.3) is 0 Å². The van der Waals surface area contributed by atoms with Crippen LogP contribution in [0.3, 0.4) is 0 Å². The van der Waals surface area contributed by atoms with Crippen molar-refractivity contribution in [2.24, 2.45) is 0 Å². The van der Waals surface area contributed by atoms with Crippen molar-refractivity contribution in [3.05, 3.63) is 71.3 Å². The molecule has 0 aromatic heterocycles. The van der Waals surface area contributed by atoms with Gasteiger partial charge in [0.2, 0.25) is 0 Å². The van der Waals surface area contributed by atoms with Gasteiger partial charge >= 0.3 is 0 Å². The molecular formula is C26H38F2N4. The fraction of sp³-hybridized carbons (Fsp3) is 0.538. The molecule has 3 rings (SSSR count). The second kappa shape index (κ2) is 14.3. The van der Waals surface area contributed by atoms with Crippen LogP contribution in [0, 0.1) is 11.6 Å². The van der Waals surface area contributed by atoms with E-state index in [9.17, 15) is 8.78 Å². The van der Waals surface area contributed by atoms with Crippen LogP contribution < -0.4 is 10.6 Å². The van der Waals surface area contributed by atoms with E-state index in [2.05, 4.69) is 20.4 Å². The maximum Gasteiger partial charge on any atom is 0.123 e. The lowest BCUT2D eigenvalue weighted by Crippen LogP contribution is -2.46. The summed E-state index contributed by atoms with van der Waals surface area (Å²) in [5.41, 5.74) is 2.26. The summed E-state index contributed by atoms with van der Waals surface area (Å²) in [5, 5.41) is 6.89. The first kappa shape index (κ1) is 24.8. The van der Waals surface area contributed by atoms with E-state index in [4.69, 9.17) is 0 Å². The van der Waals surface area contributed by atoms with Gasteiger partial charge in [0, 0.05) is 39.3 Å². The molecule has 1 saturated heterocycles. The average molecular weight is 445 g/mol. The van der Waals surface area contributed by atoms with Crippen molar-refractivity contribution in [1.82, 2.24) is 20.4 Å². The Balaban J connectivity index is 1.12. The predicted octanol–water partition coefficient (Wildman–Crippen LogP) is 4.02. The van der Waals surface area contributed by atoms with Crippen LogP contribution in [0.2, 0.25) is 0 Å². The monoisotopic (exact) mass is 444 g/mol. The van der Waals surface area contributed by atoms with E-state index in [1.807, 2.05) is 24.3 Å². The van der Waals surface area contributed by atoms with Gasteiger partial charge < -0.3 is 20.4 Å². The smallest absolute Gasteiger partial charge is 0.123 e. The van der Waals surface area contributed by atoms with Crippen LogP contribution in [0.15, 0.2) is 48.5 Å². The molecule has 0 unspecified atom stereocenters. The number of rotatable bonds is 14. The average Bonchev–Trinajstić information content (AvgIpc) is 2.81. The zero-order chi connectivity index (χ0) is 22.4. The van der Waals surface area contributed by atoms with Crippen molar-refractivity contribution < 1.29 is 8.78 Å². The molecule has 2 N–H and O–H groups in total. The van der Waals surface area contributed by atoms with Crippen molar-refractivity contribution in [3.8, 4) is 0 Å². The van der Waals surface area contributed by atoms with Gasteiger partial charge in [-0.05, 0) is 87.3 Å². The Morgan fingerprint density at radius 3 is 1.31 bits per heavy atom. The fourth-order valence-corrected chi connectivity index (χ4v) is 4.08. The van der Waals surface area contributed by atoms with Crippen LogP contribution in [0.1, 0.15) is 36.8 Å². The highest BCUT2D eigenvalue weighted by Crippen LogP contribution is 2.06. The van der Waals surface area contributed by atoms with E-state index in [0.29, 0.717) is 0 Å². The summed E-state index contributed by atoms with van der Waals surface area (Å²) in [5.74, 6) is -0.353. The van der Waals surface area contributed by atoms with Crippen LogP contribution in [-0.4, -0.2) is 62.2 Å². The summed E-state index contributed by atoms with van der Waals surface area (Å²) in [7, 11) is 0. The summed E-state index contributed by atoms with van der Waals surface area (Å²) in [6, 6.07) is 13.4. The lowest BCUT2D eigenvalue weighted by Gasteiger charge is -2.34. The Bertz CT molecular complexity index is 678. The molecule has 0 radical (unpaired) electrons. The highest BCUT2D eigenvalue weighted by atomic mass is 19.1. The van der Waals surface area contributed by atoms with Crippen LogP contribution in [0.5, 0.6) is 0 Å². The van der Waals surface area contributed by atoms with Gasteiger partial charge in [0.25, 0.3) is 0 Å². The third-order valence-corrected chi connectivity index (χ3v) is 6.11. The minimum Gasteiger partial charge on any atom is -0.313 e. The van der Waals surface area contributed by atoms with E-state index in [1.165, 1.54) is 89.2 Å². The minimum atomic E-state index is -0.177. The van der Waals surface area contributed by atoms with Crippen molar-refractivity contribution in [3.63, 3.8) is 0 Å². The van der Waals surface area contributed by atoms with Crippen molar-refractivity contribution in [2.45, 2.75) is 38.8 Å². The molecule has 1 fully saturated rings. The third kappa shape index (κ3) is 9.74. The number of benzene rings is 2. The van der Waals surface area contributed by atoms with Gasteiger partial charge in [0.1, 0.15) is 11.6 Å². The first-order valence-electron chi connectivity index (χ1n) is 12.0. The molecule has 0 spiro atoms. The summed E-state index contributed by atoms with van der Waals surface area (Å²) >= 11 is 0. The van der Waals surface area contributed by atoms with Crippen molar-refractivity contribution in [2.75, 3.05) is 52.4 Å². The Kier molecular flexibility index (Phi) is 11.1. The lowest BCUT2D eigenvalue weighted by molar-refractivity contribution is 0.129. The first-order valence-corrected chi connectivity index (χ1v) is 12.0. The highest BCUT2D eigenvalue weighted by molar-refractivity contribution is 5.16. The van der Waals surface area contributed by atoms with Gasteiger partial charge in [0.15, 0.2) is 0 Å². The summed E-state index contributed by atoms with van der Waals surface area (Å²) < 4.78 is 25.8. The number of nitrogens with one attached hydrogen (secondary N) is 2. The summed E-state index contributed by atoms with van der Waals surface area (Å²) in [6.45, 7) is 10.7. The first-order chi connectivity index (χ1) is 15.7.